The Labute approximate surface area is 141 Å². The van der Waals surface area contributed by atoms with Crippen molar-refractivity contribution in [2.24, 2.45) is 0 Å². The molecule has 2 aromatic rings. The van der Waals surface area contributed by atoms with Crippen LogP contribution < -0.4 is 9.61 Å². The highest BCUT2D eigenvalue weighted by atomic mass is 32.1. The van der Waals surface area contributed by atoms with Gasteiger partial charge in [-0.05, 0) is 50.9 Å². The number of nitrogens with zero attached hydrogens (tertiary/aromatic N) is 2. The zero-order valence-corrected chi connectivity index (χ0v) is 14.6. The minimum atomic E-state index is 0.152. The number of thiazole rings is 1. The maximum atomic E-state index is 11.8. The summed E-state index contributed by atoms with van der Waals surface area (Å²) in [6.07, 6.45) is 2.40. The number of aromatic nitrogens is 1. The predicted molar refractivity (Wildman–Crippen MR) is 94.5 cm³/mol. The van der Waals surface area contributed by atoms with Crippen molar-refractivity contribution in [1.82, 2.24) is 9.47 Å². The summed E-state index contributed by atoms with van der Waals surface area (Å²) in [5.41, 5.74) is 2.41. The van der Waals surface area contributed by atoms with Gasteiger partial charge in [0, 0.05) is 30.2 Å². The molecule has 0 aliphatic carbocycles. The number of hydrogen-bond acceptors (Lipinski definition) is 4. The summed E-state index contributed by atoms with van der Waals surface area (Å²) in [5.74, 6) is 0.932. The maximum absolute atomic E-state index is 11.8. The van der Waals surface area contributed by atoms with Gasteiger partial charge in [-0.3, -0.25) is 9.69 Å². The molecule has 23 heavy (non-hydrogen) atoms. The van der Waals surface area contributed by atoms with Crippen LogP contribution in [0.5, 0.6) is 5.75 Å². The van der Waals surface area contributed by atoms with Crippen molar-refractivity contribution in [2.75, 3.05) is 19.7 Å². The van der Waals surface area contributed by atoms with Crippen molar-refractivity contribution in [3.05, 3.63) is 50.6 Å². The van der Waals surface area contributed by atoms with Crippen molar-refractivity contribution in [1.29, 1.82) is 0 Å². The highest BCUT2D eigenvalue weighted by Gasteiger charge is 2.25. The van der Waals surface area contributed by atoms with Gasteiger partial charge in [0.25, 0.3) is 0 Å². The molecule has 1 unspecified atom stereocenters. The second-order valence-electron chi connectivity index (χ2n) is 5.99. The summed E-state index contributed by atoms with van der Waals surface area (Å²) >= 11 is 1.29. The van der Waals surface area contributed by atoms with E-state index in [9.17, 15) is 4.79 Å². The summed E-state index contributed by atoms with van der Waals surface area (Å²) in [7, 11) is 0. The minimum absolute atomic E-state index is 0.152. The Hall–Kier alpha value is -1.59. The Bertz CT molecular complexity index is 690. The number of hydrogen-bond donors (Lipinski definition) is 0. The molecule has 124 valence electrons. The molecule has 3 rings (SSSR count). The van der Waals surface area contributed by atoms with Gasteiger partial charge in [-0.25, -0.2) is 0 Å². The summed E-state index contributed by atoms with van der Waals surface area (Å²) in [6.45, 7) is 7.52. The second-order valence-corrected chi connectivity index (χ2v) is 6.81. The van der Waals surface area contributed by atoms with Gasteiger partial charge in [0.05, 0.1) is 6.61 Å². The molecule has 4 nitrogen and oxygen atoms in total. The average Bonchev–Trinajstić information content (AvgIpc) is 3.14. The monoisotopic (exact) mass is 332 g/mol. The smallest absolute Gasteiger partial charge is 0.307 e. The molecule has 1 aromatic carbocycles. The van der Waals surface area contributed by atoms with Gasteiger partial charge in [0.15, 0.2) is 0 Å². The zero-order chi connectivity index (χ0) is 16.2. The molecule has 1 aliphatic heterocycles. The van der Waals surface area contributed by atoms with Crippen molar-refractivity contribution in [3.63, 3.8) is 0 Å². The summed E-state index contributed by atoms with van der Waals surface area (Å²) in [5, 5.41) is 1.94. The van der Waals surface area contributed by atoms with Crippen molar-refractivity contribution in [2.45, 2.75) is 39.3 Å². The molecule has 1 saturated heterocycles. The van der Waals surface area contributed by atoms with E-state index in [-0.39, 0.29) is 4.87 Å². The summed E-state index contributed by atoms with van der Waals surface area (Å²) < 4.78 is 7.41. The molecule has 0 spiro atoms. The highest BCUT2D eigenvalue weighted by molar-refractivity contribution is 7.07. The Morgan fingerprint density at radius 2 is 2.04 bits per heavy atom. The minimum Gasteiger partial charge on any atom is -0.494 e. The topological polar surface area (TPSA) is 34.5 Å². The molecule has 1 aliphatic rings. The normalized spacial score (nSPS) is 18.4. The number of likely N-dealkylation sites (tertiary alicyclic amines) is 1. The molecule has 0 saturated carbocycles. The van der Waals surface area contributed by atoms with Crippen LogP contribution >= 0.6 is 11.3 Å². The van der Waals surface area contributed by atoms with Gasteiger partial charge >= 0.3 is 4.87 Å². The van der Waals surface area contributed by atoms with E-state index < -0.39 is 0 Å². The van der Waals surface area contributed by atoms with E-state index in [4.69, 9.17) is 4.74 Å². The largest absolute Gasteiger partial charge is 0.494 e. The van der Waals surface area contributed by atoms with E-state index in [0.717, 1.165) is 31.1 Å². The first-order valence-electron chi connectivity index (χ1n) is 8.30. The van der Waals surface area contributed by atoms with Gasteiger partial charge in [-0.15, -0.1) is 0 Å². The molecule has 0 bridgehead atoms. The van der Waals surface area contributed by atoms with Crippen molar-refractivity contribution in [3.8, 4) is 5.75 Å². The quantitative estimate of drug-likeness (QED) is 0.812. The van der Waals surface area contributed by atoms with E-state index in [0.29, 0.717) is 12.6 Å². The van der Waals surface area contributed by atoms with Crippen LogP contribution in [0.25, 0.3) is 0 Å². The fourth-order valence-electron chi connectivity index (χ4n) is 3.33. The Balaban J connectivity index is 1.66. The van der Waals surface area contributed by atoms with Crippen LogP contribution in [0.1, 0.15) is 37.1 Å². The van der Waals surface area contributed by atoms with Crippen LogP contribution in [0.2, 0.25) is 0 Å². The molecule has 1 atom stereocenters. The van der Waals surface area contributed by atoms with Crippen LogP contribution in [0.3, 0.4) is 0 Å². The van der Waals surface area contributed by atoms with E-state index in [1.54, 1.807) is 0 Å². The standard InChI is InChI=1S/C18H24N2O2S/c1-3-22-16-8-6-15(7-9-16)17-5-4-10-19(17)11-12-20-14(2)13-23-18(20)21/h6-9,13,17H,3-5,10-12H2,1-2H3. The predicted octanol–water partition coefficient (Wildman–Crippen LogP) is 3.45. The highest BCUT2D eigenvalue weighted by Crippen LogP contribution is 2.32. The molecule has 1 fully saturated rings. The molecule has 2 heterocycles. The van der Waals surface area contributed by atoms with E-state index in [2.05, 4.69) is 29.2 Å². The van der Waals surface area contributed by atoms with Gasteiger partial charge in [0.1, 0.15) is 5.75 Å². The summed E-state index contributed by atoms with van der Waals surface area (Å²) in [4.78, 5) is 14.5. The van der Waals surface area contributed by atoms with E-state index in [1.807, 2.05) is 23.8 Å². The van der Waals surface area contributed by atoms with Crippen LogP contribution in [0, 0.1) is 6.92 Å². The van der Waals surface area contributed by atoms with Gasteiger partial charge in [0.2, 0.25) is 0 Å². The molecule has 0 radical (unpaired) electrons. The third-order valence-corrected chi connectivity index (χ3v) is 5.41. The lowest BCUT2D eigenvalue weighted by atomic mass is 10.0. The lowest BCUT2D eigenvalue weighted by molar-refractivity contribution is 0.245. The first kappa shape index (κ1) is 16.3. The number of rotatable bonds is 6. The molecule has 0 amide bonds. The molecular weight excluding hydrogens is 308 g/mol. The molecule has 0 N–H and O–H groups in total. The van der Waals surface area contributed by atoms with Crippen LogP contribution in [-0.4, -0.2) is 29.2 Å². The Kier molecular flexibility index (Phi) is 5.18. The lowest BCUT2D eigenvalue weighted by Gasteiger charge is -2.25. The first-order chi connectivity index (χ1) is 11.2. The zero-order valence-electron chi connectivity index (χ0n) is 13.8. The van der Waals surface area contributed by atoms with Crippen LogP contribution in [0.15, 0.2) is 34.4 Å². The lowest BCUT2D eigenvalue weighted by Crippen LogP contribution is -2.29. The molecular formula is C18H24N2O2S. The molecule has 5 heteroatoms. The Morgan fingerprint density at radius 1 is 1.26 bits per heavy atom. The molecule has 1 aromatic heterocycles. The first-order valence-corrected chi connectivity index (χ1v) is 9.18. The Morgan fingerprint density at radius 3 is 2.70 bits per heavy atom. The average molecular weight is 332 g/mol. The number of aryl methyl sites for hydroxylation is 1. The van der Waals surface area contributed by atoms with E-state index >= 15 is 0 Å². The van der Waals surface area contributed by atoms with Gasteiger partial charge in [-0.2, -0.15) is 0 Å². The van der Waals surface area contributed by atoms with Crippen LogP contribution in [0.4, 0.5) is 0 Å². The third-order valence-electron chi connectivity index (χ3n) is 4.53. The van der Waals surface area contributed by atoms with Gasteiger partial charge in [-0.1, -0.05) is 23.5 Å². The fraction of sp³-hybridized carbons (Fsp3) is 0.500. The number of ether oxygens (including phenoxy) is 1. The fourth-order valence-corrected chi connectivity index (χ4v) is 4.09. The van der Waals surface area contributed by atoms with E-state index in [1.165, 1.54) is 29.7 Å². The third kappa shape index (κ3) is 3.67. The van der Waals surface area contributed by atoms with Crippen molar-refractivity contribution < 1.29 is 4.74 Å². The van der Waals surface area contributed by atoms with Crippen molar-refractivity contribution >= 4 is 11.3 Å². The summed E-state index contributed by atoms with van der Waals surface area (Å²) in [6, 6.07) is 8.93. The maximum Gasteiger partial charge on any atom is 0.307 e. The number of benzene rings is 1. The second kappa shape index (κ2) is 7.32. The SMILES string of the molecule is CCOc1ccc(C2CCCN2CCn2c(C)csc2=O)cc1. The van der Waals surface area contributed by atoms with Gasteiger partial charge < -0.3 is 9.30 Å². The van der Waals surface area contributed by atoms with Crippen LogP contribution in [-0.2, 0) is 6.54 Å².